The van der Waals surface area contributed by atoms with Crippen LogP contribution in [-0.4, -0.2) is 113 Å². The van der Waals surface area contributed by atoms with Gasteiger partial charge in [0.25, 0.3) is 17.4 Å². The van der Waals surface area contributed by atoms with Gasteiger partial charge in [-0.15, -0.1) is 0 Å². The summed E-state index contributed by atoms with van der Waals surface area (Å²) < 4.78 is 25.7. The number of piperazine rings is 1. The molecule has 0 aliphatic carbocycles. The molecule has 0 radical (unpaired) electrons. The molecule has 5 rings (SSSR count). The van der Waals surface area contributed by atoms with E-state index >= 15 is 0 Å². The summed E-state index contributed by atoms with van der Waals surface area (Å²) in [5.74, 6) is -1.72. The Hall–Kier alpha value is -5.74. The van der Waals surface area contributed by atoms with Crippen molar-refractivity contribution < 1.29 is 33.0 Å². The zero-order valence-electron chi connectivity index (χ0n) is 29.9. The summed E-state index contributed by atoms with van der Waals surface area (Å²) in [6, 6.07) is 14.6. The lowest BCUT2D eigenvalue weighted by Gasteiger charge is -2.35. The van der Waals surface area contributed by atoms with E-state index in [9.17, 15) is 28.4 Å². The van der Waals surface area contributed by atoms with Crippen LogP contribution >= 0.6 is 0 Å². The van der Waals surface area contributed by atoms with E-state index in [4.69, 9.17) is 9.47 Å². The molecule has 0 saturated carbocycles. The summed E-state index contributed by atoms with van der Waals surface area (Å²) >= 11 is 0. The van der Waals surface area contributed by atoms with Gasteiger partial charge in [0, 0.05) is 57.3 Å². The largest absolute Gasteiger partial charge is 0.444 e. The van der Waals surface area contributed by atoms with Crippen LogP contribution in [-0.2, 0) is 20.7 Å². The molecule has 53 heavy (non-hydrogen) atoms. The topological polar surface area (TPSA) is 188 Å². The first-order chi connectivity index (χ1) is 25.4. The average Bonchev–Trinajstić information content (AvgIpc) is 3.13. The highest BCUT2D eigenvalue weighted by atomic mass is 19.1. The highest BCUT2D eigenvalue weighted by Gasteiger charge is 2.27. The number of pyridine rings is 1. The molecule has 4 N–H and O–H groups in total. The standard InChI is InChI=1S/C37H43FN8O7/c1-37(2,3)53-36(51)42-29-9-6-12-40-32(29)34(49)41-14-20-52-19-13-39-23-31(47)45-15-17-46(18-16-45)35(50)27-21-24(10-11-28(27)38)22-30-25-7-4-5-8-26(25)33(48)44-43-30/h4-12,21,39H,13-20,22-23H2,1-3H3,(H,41,49)(H,42,51)(H,44,48). The van der Waals surface area contributed by atoms with Crippen LogP contribution < -0.4 is 21.5 Å². The Morgan fingerprint density at radius 1 is 0.925 bits per heavy atom. The second-order valence-electron chi connectivity index (χ2n) is 13.3. The maximum Gasteiger partial charge on any atom is 0.412 e. The lowest BCUT2D eigenvalue weighted by molar-refractivity contribution is -0.131. The number of H-pyrrole nitrogens is 1. The van der Waals surface area contributed by atoms with Gasteiger partial charge >= 0.3 is 6.09 Å². The van der Waals surface area contributed by atoms with Crippen molar-refractivity contribution in [1.29, 1.82) is 0 Å². The third-order valence-corrected chi connectivity index (χ3v) is 8.22. The number of rotatable bonds is 13. The van der Waals surface area contributed by atoms with Crippen LogP contribution in [0.5, 0.6) is 0 Å². The number of carbonyl (C=O) groups excluding carboxylic acids is 4. The molecule has 1 aliphatic heterocycles. The van der Waals surface area contributed by atoms with Crippen LogP contribution in [0.3, 0.4) is 0 Å². The normalized spacial score (nSPS) is 13.1. The number of aromatic nitrogens is 3. The first kappa shape index (κ1) is 38.5. The van der Waals surface area contributed by atoms with E-state index in [-0.39, 0.29) is 67.6 Å². The number of hydrogen-bond acceptors (Lipinski definition) is 10. The molecule has 1 saturated heterocycles. The monoisotopic (exact) mass is 730 g/mol. The molecule has 15 nitrogen and oxygen atoms in total. The minimum atomic E-state index is -0.700. The molecule has 2 aromatic heterocycles. The molecule has 1 aliphatic rings. The summed E-state index contributed by atoms with van der Waals surface area (Å²) in [5, 5.41) is 16.1. The fraction of sp³-hybridized carbons (Fsp3) is 0.378. The molecule has 2 aromatic carbocycles. The number of anilines is 1. The Bertz CT molecular complexity index is 2010. The SMILES string of the molecule is CC(C)(C)OC(=O)Nc1cccnc1C(=O)NCCOCCNCC(=O)N1CCN(C(=O)c2cc(Cc3n[nH]c(=O)c4ccccc34)ccc2F)CC1. The number of nitrogens with zero attached hydrogens (tertiary/aromatic N) is 4. The van der Waals surface area contributed by atoms with Crippen LogP contribution in [0.4, 0.5) is 14.9 Å². The van der Waals surface area contributed by atoms with Gasteiger partial charge in [0.2, 0.25) is 5.91 Å². The van der Waals surface area contributed by atoms with Crippen LogP contribution in [0.1, 0.15) is 52.9 Å². The highest BCUT2D eigenvalue weighted by Crippen LogP contribution is 2.20. The van der Waals surface area contributed by atoms with Crippen molar-refractivity contribution in [3.63, 3.8) is 0 Å². The van der Waals surface area contributed by atoms with Gasteiger partial charge in [-0.05, 0) is 56.7 Å². The molecule has 1 fully saturated rings. The third-order valence-electron chi connectivity index (χ3n) is 8.22. The van der Waals surface area contributed by atoms with Crippen molar-refractivity contribution in [3.05, 3.63) is 99.5 Å². The minimum absolute atomic E-state index is 0.0380. The molecule has 0 unspecified atom stereocenters. The Labute approximate surface area is 305 Å². The number of aromatic amines is 1. The summed E-state index contributed by atoms with van der Waals surface area (Å²) in [6.45, 7) is 7.49. The number of fused-ring (bicyclic) bond motifs is 1. The van der Waals surface area contributed by atoms with Gasteiger partial charge in [0.15, 0.2) is 5.69 Å². The summed E-state index contributed by atoms with van der Waals surface area (Å²) in [7, 11) is 0. The van der Waals surface area contributed by atoms with Crippen molar-refractivity contribution >= 4 is 40.3 Å². The number of carbonyl (C=O) groups is 4. The van der Waals surface area contributed by atoms with Crippen molar-refractivity contribution in [2.24, 2.45) is 0 Å². The molecule has 0 spiro atoms. The van der Waals surface area contributed by atoms with E-state index in [2.05, 4.69) is 31.1 Å². The number of hydrogen-bond donors (Lipinski definition) is 4. The highest BCUT2D eigenvalue weighted by molar-refractivity contribution is 6.01. The van der Waals surface area contributed by atoms with Crippen LogP contribution in [0, 0.1) is 5.82 Å². The molecule has 4 amide bonds. The van der Waals surface area contributed by atoms with E-state index in [0.29, 0.717) is 48.3 Å². The number of nitrogens with one attached hydrogen (secondary N) is 4. The fourth-order valence-electron chi connectivity index (χ4n) is 5.65. The first-order valence-electron chi connectivity index (χ1n) is 17.2. The zero-order chi connectivity index (χ0) is 38.0. The Morgan fingerprint density at radius 3 is 2.40 bits per heavy atom. The summed E-state index contributed by atoms with van der Waals surface area (Å²) in [6.07, 6.45) is 1.03. The van der Waals surface area contributed by atoms with Gasteiger partial charge in [0.1, 0.15) is 11.4 Å². The lowest BCUT2D eigenvalue weighted by atomic mass is 10.0. The quantitative estimate of drug-likeness (QED) is 0.149. The van der Waals surface area contributed by atoms with Gasteiger partial charge in [-0.1, -0.05) is 24.3 Å². The molecule has 0 bridgehead atoms. The Balaban J connectivity index is 0.991. The second-order valence-corrected chi connectivity index (χ2v) is 13.3. The first-order valence-corrected chi connectivity index (χ1v) is 17.2. The maximum absolute atomic E-state index is 14.9. The Kier molecular flexibility index (Phi) is 12.8. The molecule has 16 heteroatoms. The fourth-order valence-corrected chi connectivity index (χ4v) is 5.65. The smallest absolute Gasteiger partial charge is 0.412 e. The van der Waals surface area contributed by atoms with E-state index in [1.807, 2.05) is 6.07 Å². The van der Waals surface area contributed by atoms with Crippen molar-refractivity contribution in [3.8, 4) is 0 Å². The van der Waals surface area contributed by atoms with Crippen LogP contribution in [0.2, 0.25) is 0 Å². The van der Waals surface area contributed by atoms with Gasteiger partial charge < -0.3 is 29.9 Å². The minimum Gasteiger partial charge on any atom is -0.444 e. The molecular formula is C37H43FN8O7. The second kappa shape index (κ2) is 17.7. The van der Waals surface area contributed by atoms with Crippen molar-refractivity contribution in [2.45, 2.75) is 32.8 Å². The van der Waals surface area contributed by atoms with Crippen molar-refractivity contribution in [2.75, 3.05) is 64.3 Å². The van der Waals surface area contributed by atoms with E-state index in [1.54, 1.807) is 62.1 Å². The number of halogens is 1. The van der Waals surface area contributed by atoms with E-state index in [1.165, 1.54) is 23.2 Å². The molecule has 0 atom stereocenters. The number of amides is 4. The van der Waals surface area contributed by atoms with Crippen molar-refractivity contribution in [1.82, 2.24) is 35.6 Å². The Morgan fingerprint density at radius 2 is 1.64 bits per heavy atom. The van der Waals surface area contributed by atoms with Gasteiger partial charge in [-0.2, -0.15) is 5.10 Å². The van der Waals surface area contributed by atoms with Gasteiger partial charge in [-0.3, -0.25) is 24.5 Å². The average molecular weight is 731 g/mol. The number of ether oxygens (including phenoxy) is 2. The molecule has 4 aromatic rings. The van der Waals surface area contributed by atoms with E-state index in [0.717, 1.165) is 0 Å². The maximum atomic E-state index is 14.9. The van der Waals surface area contributed by atoms with Gasteiger partial charge in [-0.25, -0.2) is 19.3 Å². The predicted molar refractivity (Wildman–Crippen MR) is 194 cm³/mol. The lowest BCUT2D eigenvalue weighted by Crippen LogP contribution is -2.52. The van der Waals surface area contributed by atoms with Crippen LogP contribution in [0.25, 0.3) is 10.8 Å². The molecule has 280 valence electrons. The third kappa shape index (κ3) is 10.6. The molecular weight excluding hydrogens is 687 g/mol. The summed E-state index contributed by atoms with van der Waals surface area (Å²) in [4.78, 5) is 70.3. The van der Waals surface area contributed by atoms with E-state index < -0.39 is 29.3 Å². The van der Waals surface area contributed by atoms with Crippen LogP contribution in [0.15, 0.2) is 65.6 Å². The summed E-state index contributed by atoms with van der Waals surface area (Å²) in [5.41, 5.74) is 0.466. The number of benzene rings is 2. The molecule has 3 heterocycles. The predicted octanol–water partition coefficient (Wildman–Crippen LogP) is 2.72. The zero-order valence-corrected chi connectivity index (χ0v) is 29.9. The van der Waals surface area contributed by atoms with Gasteiger partial charge in [0.05, 0.1) is 42.1 Å².